The van der Waals surface area contributed by atoms with Gasteiger partial charge in [0.25, 0.3) is 0 Å². The lowest BCUT2D eigenvalue weighted by Gasteiger charge is -2.09. The van der Waals surface area contributed by atoms with Gasteiger partial charge in [-0.1, -0.05) is 23.9 Å². The fraction of sp³-hybridized carbons (Fsp3) is 0.385. The summed E-state index contributed by atoms with van der Waals surface area (Å²) in [6.45, 7) is 0. The van der Waals surface area contributed by atoms with Crippen LogP contribution in [0, 0.1) is 0 Å². The number of nitrogens with one attached hydrogen (secondary N) is 1. The molecule has 0 bridgehead atoms. The molecule has 1 aliphatic rings. The van der Waals surface area contributed by atoms with Crippen LogP contribution in [0.4, 0.5) is 0 Å². The SMILES string of the molecule is O=C(CSc1nc2ccccc2s1)N[C@@H]1CCS(=O)(=O)C1. The largest absolute Gasteiger partial charge is 0.352 e. The molecule has 1 aromatic carbocycles. The first-order valence-electron chi connectivity index (χ1n) is 6.50. The Hall–Kier alpha value is -1.12. The average Bonchev–Trinajstić information content (AvgIpc) is 2.99. The van der Waals surface area contributed by atoms with Crippen molar-refractivity contribution in [1.82, 2.24) is 10.3 Å². The maximum atomic E-state index is 11.8. The number of thiazole rings is 1. The summed E-state index contributed by atoms with van der Waals surface area (Å²) in [6, 6.07) is 7.60. The van der Waals surface area contributed by atoms with Gasteiger partial charge in [0.15, 0.2) is 14.2 Å². The van der Waals surface area contributed by atoms with E-state index < -0.39 is 9.84 Å². The Balaban J connectivity index is 1.54. The normalized spacial score (nSPS) is 20.7. The van der Waals surface area contributed by atoms with Gasteiger partial charge in [-0.05, 0) is 18.6 Å². The lowest BCUT2D eigenvalue weighted by atomic mass is 10.3. The third kappa shape index (κ3) is 3.75. The maximum absolute atomic E-state index is 11.8. The molecule has 8 heteroatoms. The van der Waals surface area contributed by atoms with Crippen molar-refractivity contribution in [3.8, 4) is 0 Å². The summed E-state index contributed by atoms with van der Waals surface area (Å²) in [5.41, 5.74) is 0.937. The highest BCUT2D eigenvalue weighted by molar-refractivity contribution is 8.01. The van der Waals surface area contributed by atoms with E-state index in [0.717, 1.165) is 14.6 Å². The van der Waals surface area contributed by atoms with Crippen LogP contribution >= 0.6 is 23.1 Å². The number of thioether (sulfide) groups is 1. The van der Waals surface area contributed by atoms with Crippen molar-refractivity contribution in [3.05, 3.63) is 24.3 Å². The van der Waals surface area contributed by atoms with Gasteiger partial charge in [-0.2, -0.15) is 0 Å². The van der Waals surface area contributed by atoms with Crippen molar-refractivity contribution in [2.45, 2.75) is 16.8 Å². The molecule has 2 heterocycles. The van der Waals surface area contributed by atoms with Crippen LogP contribution in [-0.2, 0) is 14.6 Å². The quantitative estimate of drug-likeness (QED) is 0.856. The van der Waals surface area contributed by atoms with Crippen molar-refractivity contribution in [2.75, 3.05) is 17.3 Å². The van der Waals surface area contributed by atoms with Crippen LogP contribution in [0.25, 0.3) is 10.2 Å². The van der Waals surface area contributed by atoms with Gasteiger partial charge >= 0.3 is 0 Å². The van der Waals surface area contributed by atoms with E-state index in [1.54, 1.807) is 11.3 Å². The first kappa shape index (κ1) is 14.8. The highest BCUT2D eigenvalue weighted by Gasteiger charge is 2.28. The van der Waals surface area contributed by atoms with Gasteiger partial charge in [0.1, 0.15) is 0 Å². The van der Waals surface area contributed by atoms with Crippen molar-refractivity contribution < 1.29 is 13.2 Å². The fourth-order valence-corrected chi connectivity index (χ4v) is 5.77. The first-order valence-corrected chi connectivity index (χ1v) is 10.1. The molecule has 0 spiro atoms. The molecule has 0 radical (unpaired) electrons. The number of amides is 1. The van der Waals surface area contributed by atoms with Crippen LogP contribution in [0.5, 0.6) is 0 Å². The van der Waals surface area contributed by atoms with Gasteiger partial charge < -0.3 is 5.32 Å². The minimum atomic E-state index is -2.96. The molecule has 1 aromatic heterocycles. The molecule has 0 aliphatic carbocycles. The number of fused-ring (bicyclic) bond motifs is 1. The molecule has 5 nitrogen and oxygen atoms in total. The second-order valence-electron chi connectivity index (χ2n) is 4.90. The standard InChI is InChI=1S/C13H14N2O3S3/c16-12(14-9-5-6-21(17,18)8-9)7-19-13-15-10-3-1-2-4-11(10)20-13/h1-4,9H,5-8H2,(H,14,16)/t9-/m1/s1. The van der Waals surface area contributed by atoms with E-state index in [9.17, 15) is 13.2 Å². The number of hydrogen-bond donors (Lipinski definition) is 1. The smallest absolute Gasteiger partial charge is 0.230 e. The summed E-state index contributed by atoms with van der Waals surface area (Å²) in [7, 11) is -2.96. The Bertz CT molecular complexity index is 737. The van der Waals surface area contributed by atoms with Crippen molar-refractivity contribution >= 4 is 49.1 Å². The van der Waals surface area contributed by atoms with E-state index in [1.165, 1.54) is 11.8 Å². The van der Waals surface area contributed by atoms with Gasteiger partial charge in [-0.25, -0.2) is 13.4 Å². The minimum Gasteiger partial charge on any atom is -0.352 e. The predicted molar refractivity (Wildman–Crippen MR) is 85.5 cm³/mol. The fourth-order valence-electron chi connectivity index (χ4n) is 2.22. The molecule has 0 saturated carbocycles. The molecule has 1 N–H and O–H groups in total. The molecule has 1 fully saturated rings. The Morgan fingerprint density at radius 2 is 2.24 bits per heavy atom. The molecule has 21 heavy (non-hydrogen) atoms. The predicted octanol–water partition coefficient (Wildman–Crippen LogP) is 1.69. The molecule has 0 unspecified atom stereocenters. The van der Waals surface area contributed by atoms with E-state index in [1.807, 2.05) is 24.3 Å². The first-order chi connectivity index (χ1) is 10.0. The second kappa shape index (κ2) is 5.94. The van der Waals surface area contributed by atoms with E-state index in [0.29, 0.717) is 6.42 Å². The number of hydrogen-bond acceptors (Lipinski definition) is 6. The third-order valence-corrected chi connectivity index (χ3v) is 7.15. The molecule has 1 saturated heterocycles. The Labute approximate surface area is 131 Å². The van der Waals surface area contributed by atoms with Crippen molar-refractivity contribution in [1.29, 1.82) is 0 Å². The Morgan fingerprint density at radius 3 is 2.95 bits per heavy atom. The average molecular weight is 342 g/mol. The summed E-state index contributed by atoms with van der Waals surface area (Å²) in [6.07, 6.45) is 0.514. The lowest BCUT2D eigenvalue weighted by Crippen LogP contribution is -2.36. The van der Waals surface area contributed by atoms with Gasteiger partial charge in [0, 0.05) is 6.04 Å². The summed E-state index contributed by atoms with van der Waals surface area (Å²) >= 11 is 2.94. The van der Waals surface area contributed by atoms with Gasteiger partial charge in [0.05, 0.1) is 27.5 Å². The highest BCUT2D eigenvalue weighted by atomic mass is 32.2. The third-order valence-electron chi connectivity index (χ3n) is 3.20. The monoisotopic (exact) mass is 342 g/mol. The maximum Gasteiger partial charge on any atom is 0.230 e. The van der Waals surface area contributed by atoms with E-state index in [4.69, 9.17) is 0 Å². The number of carbonyl (C=O) groups excluding carboxylic acids is 1. The zero-order chi connectivity index (χ0) is 14.9. The van der Waals surface area contributed by atoms with E-state index in [2.05, 4.69) is 10.3 Å². The molecule has 1 amide bonds. The molecule has 112 valence electrons. The summed E-state index contributed by atoms with van der Waals surface area (Å²) < 4.78 is 24.6. The van der Waals surface area contributed by atoms with Crippen LogP contribution in [-0.4, -0.2) is 42.6 Å². The summed E-state index contributed by atoms with van der Waals surface area (Å²) in [5, 5.41) is 2.78. The zero-order valence-electron chi connectivity index (χ0n) is 11.1. The number of sulfone groups is 1. The molecule has 1 atom stereocenters. The number of rotatable bonds is 4. The van der Waals surface area contributed by atoms with Crippen LogP contribution in [0.15, 0.2) is 28.6 Å². The number of para-hydroxylation sites is 1. The number of benzene rings is 1. The summed E-state index contributed by atoms with van der Waals surface area (Å²) in [4.78, 5) is 16.3. The number of carbonyl (C=O) groups is 1. The van der Waals surface area contributed by atoms with Gasteiger partial charge in [-0.15, -0.1) is 11.3 Å². The molecular weight excluding hydrogens is 328 g/mol. The van der Waals surface area contributed by atoms with Crippen LogP contribution in [0.1, 0.15) is 6.42 Å². The molecule has 3 rings (SSSR count). The van der Waals surface area contributed by atoms with Crippen molar-refractivity contribution in [3.63, 3.8) is 0 Å². The number of aromatic nitrogens is 1. The summed E-state index contributed by atoms with van der Waals surface area (Å²) in [5.74, 6) is 0.352. The highest BCUT2D eigenvalue weighted by Crippen LogP contribution is 2.29. The van der Waals surface area contributed by atoms with Crippen LogP contribution in [0.3, 0.4) is 0 Å². The molecule has 1 aliphatic heterocycles. The Morgan fingerprint density at radius 1 is 1.43 bits per heavy atom. The minimum absolute atomic E-state index is 0.0601. The second-order valence-corrected chi connectivity index (χ2v) is 9.39. The van der Waals surface area contributed by atoms with Crippen LogP contribution in [0.2, 0.25) is 0 Å². The van der Waals surface area contributed by atoms with E-state index in [-0.39, 0.29) is 29.2 Å². The molecule has 2 aromatic rings. The van der Waals surface area contributed by atoms with Gasteiger partial charge in [-0.3, -0.25) is 4.79 Å². The van der Waals surface area contributed by atoms with E-state index >= 15 is 0 Å². The van der Waals surface area contributed by atoms with Crippen molar-refractivity contribution in [2.24, 2.45) is 0 Å². The lowest BCUT2D eigenvalue weighted by molar-refractivity contribution is -0.119. The Kier molecular flexibility index (Phi) is 4.19. The van der Waals surface area contributed by atoms with Crippen LogP contribution < -0.4 is 5.32 Å². The topological polar surface area (TPSA) is 76.1 Å². The number of nitrogens with zero attached hydrogens (tertiary/aromatic N) is 1. The van der Waals surface area contributed by atoms with Gasteiger partial charge in [0.2, 0.25) is 5.91 Å². The molecular formula is C13H14N2O3S3. The zero-order valence-corrected chi connectivity index (χ0v) is 13.6.